The minimum Gasteiger partial charge on any atom is -0.465 e. The first-order valence-electron chi connectivity index (χ1n) is 5.67. The van der Waals surface area contributed by atoms with Crippen molar-refractivity contribution >= 4 is 58.0 Å². The summed E-state index contributed by atoms with van der Waals surface area (Å²) in [4.78, 5) is 15.6. The normalized spacial score (nSPS) is 10.3. The van der Waals surface area contributed by atoms with Crippen LogP contribution in [0.1, 0.15) is 10.4 Å². The van der Waals surface area contributed by atoms with Gasteiger partial charge in [0.1, 0.15) is 5.82 Å². The Balaban J connectivity index is 2.36. The van der Waals surface area contributed by atoms with Crippen LogP contribution in [0.5, 0.6) is 0 Å². The van der Waals surface area contributed by atoms with Gasteiger partial charge in [-0.2, -0.15) is 0 Å². The van der Waals surface area contributed by atoms with Gasteiger partial charge >= 0.3 is 5.97 Å². The van der Waals surface area contributed by atoms with Gasteiger partial charge in [-0.25, -0.2) is 9.78 Å². The van der Waals surface area contributed by atoms with Gasteiger partial charge in [0.2, 0.25) is 0 Å². The number of halogens is 3. The van der Waals surface area contributed by atoms with E-state index in [-0.39, 0.29) is 11.3 Å². The fraction of sp³-hybridized carbons (Fsp3) is 0.0769. The molecule has 0 saturated carbocycles. The molecule has 1 aromatic heterocycles. The topological polar surface area (TPSA) is 77.2 Å². The summed E-state index contributed by atoms with van der Waals surface area (Å²) in [6.07, 6.45) is 1.35. The summed E-state index contributed by atoms with van der Waals surface area (Å²) in [5, 5.41) is 3.98. The first-order chi connectivity index (χ1) is 9.92. The van der Waals surface area contributed by atoms with Crippen molar-refractivity contribution in [2.24, 2.45) is 0 Å². The molecule has 0 spiro atoms. The number of methoxy groups -OCH3 is 1. The Hall–Kier alpha value is -1.69. The molecule has 0 atom stereocenters. The van der Waals surface area contributed by atoms with Crippen LogP contribution in [-0.2, 0) is 4.74 Å². The average molecular weight is 347 g/mol. The number of rotatable bonds is 3. The van der Waals surface area contributed by atoms with Crippen LogP contribution in [0.15, 0.2) is 24.4 Å². The van der Waals surface area contributed by atoms with Crippen LogP contribution in [-0.4, -0.2) is 18.1 Å². The molecule has 1 aromatic carbocycles. The summed E-state index contributed by atoms with van der Waals surface area (Å²) in [6, 6.07) is 4.52. The molecule has 1 heterocycles. The van der Waals surface area contributed by atoms with E-state index in [0.29, 0.717) is 26.6 Å². The highest BCUT2D eigenvalue weighted by Crippen LogP contribution is 2.33. The number of benzene rings is 1. The monoisotopic (exact) mass is 345 g/mol. The lowest BCUT2D eigenvalue weighted by Gasteiger charge is -2.11. The van der Waals surface area contributed by atoms with Gasteiger partial charge < -0.3 is 15.8 Å². The smallest absolute Gasteiger partial charge is 0.340 e. The quantitative estimate of drug-likeness (QED) is 0.645. The number of ether oxygens (including phenoxy) is 1. The van der Waals surface area contributed by atoms with Crippen LogP contribution in [0.25, 0.3) is 0 Å². The Bertz CT molecular complexity index is 707. The van der Waals surface area contributed by atoms with Gasteiger partial charge in [0.05, 0.1) is 45.3 Å². The molecule has 5 nitrogen and oxygen atoms in total. The Labute approximate surface area is 136 Å². The van der Waals surface area contributed by atoms with Gasteiger partial charge in [-0.15, -0.1) is 0 Å². The van der Waals surface area contributed by atoms with E-state index in [1.807, 2.05) is 0 Å². The summed E-state index contributed by atoms with van der Waals surface area (Å²) < 4.78 is 4.64. The molecule has 0 bridgehead atoms. The molecule has 8 heteroatoms. The molecule has 0 aliphatic carbocycles. The number of aromatic nitrogens is 1. The summed E-state index contributed by atoms with van der Waals surface area (Å²) in [5.74, 6) is -0.192. The van der Waals surface area contributed by atoms with Crippen molar-refractivity contribution in [2.75, 3.05) is 18.2 Å². The maximum absolute atomic E-state index is 11.6. The van der Waals surface area contributed by atoms with E-state index in [4.69, 9.17) is 40.5 Å². The van der Waals surface area contributed by atoms with Gasteiger partial charge in [-0.1, -0.05) is 34.8 Å². The Morgan fingerprint density at radius 1 is 1.19 bits per heavy atom. The SMILES string of the molecule is COC(=O)c1cc(Nc2cc(Cl)c(Cl)cc2Cl)ncc1N. The average Bonchev–Trinajstić information content (AvgIpc) is 2.45. The lowest BCUT2D eigenvalue weighted by molar-refractivity contribution is 0.0602. The lowest BCUT2D eigenvalue weighted by atomic mass is 10.2. The highest BCUT2D eigenvalue weighted by Gasteiger charge is 2.13. The lowest BCUT2D eigenvalue weighted by Crippen LogP contribution is -2.07. The highest BCUT2D eigenvalue weighted by atomic mass is 35.5. The molecular formula is C13H10Cl3N3O2. The standard InChI is InChI=1S/C13H10Cl3N3O2/c1-21-13(20)6-2-12(18-5-10(6)17)19-11-4-8(15)7(14)3-9(11)16/h2-5H,17H2,1H3,(H,18,19). The Kier molecular flexibility index (Phi) is 4.77. The number of esters is 1. The zero-order chi connectivity index (χ0) is 15.6. The third kappa shape index (κ3) is 3.50. The molecule has 0 unspecified atom stereocenters. The van der Waals surface area contributed by atoms with Crippen molar-refractivity contribution < 1.29 is 9.53 Å². The second kappa shape index (κ2) is 6.39. The molecule has 0 aliphatic rings. The van der Waals surface area contributed by atoms with Crippen molar-refractivity contribution in [3.05, 3.63) is 45.0 Å². The minimum atomic E-state index is -0.557. The number of hydrogen-bond donors (Lipinski definition) is 2. The van der Waals surface area contributed by atoms with Gasteiger partial charge in [0, 0.05) is 0 Å². The van der Waals surface area contributed by atoms with Gasteiger partial charge in [0.25, 0.3) is 0 Å². The number of pyridine rings is 1. The summed E-state index contributed by atoms with van der Waals surface area (Å²) in [6.45, 7) is 0. The van der Waals surface area contributed by atoms with E-state index in [9.17, 15) is 4.79 Å². The van der Waals surface area contributed by atoms with Crippen molar-refractivity contribution in [3.63, 3.8) is 0 Å². The number of carbonyl (C=O) groups excluding carboxylic acids is 1. The number of hydrogen-bond acceptors (Lipinski definition) is 5. The second-order valence-electron chi connectivity index (χ2n) is 4.02. The molecule has 0 radical (unpaired) electrons. The predicted molar refractivity (Wildman–Crippen MR) is 84.7 cm³/mol. The van der Waals surface area contributed by atoms with E-state index in [1.54, 1.807) is 6.07 Å². The van der Waals surface area contributed by atoms with Crippen LogP contribution in [0.4, 0.5) is 17.2 Å². The van der Waals surface area contributed by atoms with Crippen molar-refractivity contribution in [1.29, 1.82) is 0 Å². The first kappa shape index (κ1) is 15.7. The molecule has 2 rings (SSSR count). The summed E-state index contributed by atoms with van der Waals surface area (Å²) in [5.41, 5.74) is 6.59. The van der Waals surface area contributed by atoms with Crippen LogP contribution < -0.4 is 11.1 Å². The molecule has 110 valence electrons. The number of nitrogen functional groups attached to an aromatic ring is 1. The highest BCUT2D eigenvalue weighted by molar-refractivity contribution is 6.44. The number of carbonyl (C=O) groups is 1. The molecular weight excluding hydrogens is 337 g/mol. The fourth-order valence-electron chi connectivity index (χ4n) is 1.58. The number of anilines is 3. The zero-order valence-corrected chi connectivity index (χ0v) is 13.1. The number of nitrogens with one attached hydrogen (secondary N) is 1. The maximum atomic E-state index is 11.6. The molecule has 2 aromatic rings. The van der Waals surface area contributed by atoms with Crippen LogP contribution in [0, 0.1) is 0 Å². The first-order valence-corrected chi connectivity index (χ1v) is 6.81. The van der Waals surface area contributed by atoms with Gasteiger partial charge in [-0.05, 0) is 18.2 Å². The van der Waals surface area contributed by atoms with E-state index in [1.165, 1.54) is 25.4 Å². The maximum Gasteiger partial charge on any atom is 0.340 e. The molecule has 21 heavy (non-hydrogen) atoms. The van der Waals surface area contributed by atoms with E-state index < -0.39 is 5.97 Å². The number of nitrogens with zero attached hydrogens (tertiary/aromatic N) is 1. The molecule has 0 aliphatic heterocycles. The molecule has 0 fully saturated rings. The van der Waals surface area contributed by atoms with Crippen LogP contribution in [0.2, 0.25) is 15.1 Å². The fourth-order valence-corrected chi connectivity index (χ4v) is 2.17. The second-order valence-corrected chi connectivity index (χ2v) is 5.24. The van der Waals surface area contributed by atoms with E-state index in [0.717, 1.165) is 0 Å². The predicted octanol–water partition coefficient (Wildman–Crippen LogP) is 4.15. The summed E-state index contributed by atoms with van der Waals surface area (Å²) >= 11 is 17.9. The van der Waals surface area contributed by atoms with Crippen molar-refractivity contribution in [2.45, 2.75) is 0 Å². The third-order valence-corrected chi connectivity index (χ3v) is 3.65. The van der Waals surface area contributed by atoms with Crippen molar-refractivity contribution in [1.82, 2.24) is 4.98 Å². The van der Waals surface area contributed by atoms with Gasteiger partial charge in [-0.3, -0.25) is 0 Å². The van der Waals surface area contributed by atoms with Crippen molar-refractivity contribution in [3.8, 4) is 0 Å². The minimum absolute atomic E-state index is 0.200. The van der Waals surface area contributed by atoms with Gasteiger partial charge in [0.15, 0.2) is 0 Å². The zero-order valence-electron chi connectivity index (χ0n) is 10.8. The third-order valence-electron chi connectivity index (χ3n) is 2.61. The molecule has 0 saturated heterocycles. The molecule has 0 amide bonds. The molecule has 3 N–H and O–H groups in total. The number of nitrogens with two attached hydrogens (primary N) is 1. The van der Waals surface area contributed by atoms with Crippen LogP contribution >= 0.6 is 34.8 Å². The summed E-state index contributed by atoms with van der Waals surface area (Å²) in [7, 11) is 1.27. The Morgan fingerprint density at radius 2 is 1.86 bits per heavy atom. The Morgan fingerprint density at radius 3 is 2.52 bits per heavy atom. The van der Waals surface area contributed by atoms with Crippen LogP contribution in [0.3, 0.4) is 0 Å². The largest absolute Gasteiger partial charge is 0.465 e. The van der Waals surface area contributed by atoms with E-state index >= 15 is 0 Å². The van der Waals surface area contributed by atoms with E-state index in [2.05, 4.69) is 15.0 Å².